The summed E-state index contributed by atoms with van der Waals surface area (Å²) in [5.41, 5.74) is 10.7. The van der Waals surface area contributed by atoms with Gasteiger partial charge in [0.2, 0.25) is 0 Å². The Morgan fingerprint density at radius 3 is 2.48 bits per heavy atom. The van der Waals surface area contributed by atoms with Gasteiger partial charge in [-0.3, -0.25) is 4.79 Å². The SMILES string of the molecule is CCc1cccc(C)c1-c1ccc2c(c1)C(=Cc1ccc(C)cc1)C(=O)C(C)C2. The van der Waals surface area contributed by atoms with E-state index in [2.05, 4.69) is 87.5 Å². The summed E-state index contributed by atoms with van der Waals surface area (Å²) in [5.74, 6) is 0.269. The molecule has 4 rings (SSSR count). The van der Waals surface area contributed by atoms with Crippen LogP contribution in [0.25, 0.3) is 22.8 Å². The zero-order chi connectivity index (χ0) is 20.5. The summed E-state index contributed by atoms with van der Waals surface area (Å²) >= 11 is 0. The first kappa shape index (κ1) is 19.4. The maximum Gasteiger partial charge on any atom is 0.166 e. The van der Waals surface area contributed by atoms with Gasteiger partial charge in [-0.15, -0.1) is 0 Å². The zero-order valence-corrected chi connectivity index (χ0v) is 17.8. The second-order valence-corrected chi connectivity index (χ2v) is 8.27. The molecule has 0 N–H and O–H groups in total. The van der Waals surface area contributed by atoms with Crippen LogP contribution in [0.3, 0.4) is 0 Å². The van der Waals surface area contributed by atoms with Crippen LogP contribution in [0.5, 0.6) is 0 Å². The van der Waals surface area contributed by atoms with E-state index >= 15 is 0 Å². The van der Waals surface area contributed by atoms with Gasteiger partial charge in [-0.05, 0) is 77.8 Å². The van der Waals surface area contributed by atoms with Crippen LogP contribution < -0.4 is 0 Å². The van der Waals surface area contributed by atoms with E-state index in [-0.39, 0.29) is 11.7 Å². The number of carbonyl (C=O) groups is 1. The third kappa shape index (κ3) is 3.70. The van der Waals surface area contributed by atoms with E-state index in [1.54, 1.807) is 0 Å². The highest BCUT2D eigenvalue weighted by Gasteiger charge is 2.28. The molecule has 1 unspecified atom stereocenters. The van der Waals surface area contributed by atoms with Crippen LogP contribution in [0.4, 0.5) is 0 Å². The molecule has 3 aromatic carbocycles. The second kappa shape index (κ2) is 7.83. The number of ketones is 1. The van der Waals surface area contributed by atoms with Crippen molar-refractivity contribution in [1.29, 1.82) is 0 Å². The molecule has 0 bridgehead atoms. The molecule has 1 nitrogen and oxygen atoms in total. The number of fused-ring (bicyclic) bond motifs is 1. The topological polar surface area (TPSA) is 17.1 Å². The quantitative estimate of drug-likeness (QED) is 0.455. The second-order valence-electron chi connectivity index (χ2n) is 8.27. The molecule has 3 aromatic rings. The molecule has 0 radical (unpaired) electrons. The number of aryl methyl sites for hydroxylation is 3. The van der Waals surface area contributed by atoms with Crippen LogP contribution in [0.2, 0.25) is 0 Å². The highest BCUT2D eigenvalue weighted by molar-refractivity contribution is 6.27. The lowest BCUT2D eigenvalue weighted by atomic mass is 9.78. The average Bonchev–Trinajstić information content (AvgIpc) is 2.72. The van der Waals surface area contributed by atoms with E-state index in [1.165, 1.54) is 33.4 Å². The minimum Gasteiger partial charge on any atom is -0.294 e. The first-order valence-electron chi connectivity index (χ1n) is 10.5. The number of hydrogen-bond acceptors (Lipinski definition) is 1. The lowest BCUT2D eigenvalue weighted by molar-refractivity contribution is -0.117. The number of hydrogen-bond donors (Lipinski definition) is 0. The normalized spacial score (nSPS) is 17.4. The summed E-state index contributed by atoms with van der Waals surface area (Å²) in [5, 5.41) is 0. The fraction of sp³-hybridized carbons (Fsp3) is 0.250. The van der Waals surface area contributed by atoms with Crippen LogP contribution in [0, 0.1) is 19.8 Å². The van der Waals surface area contributed by atoms with Crippen molar-refractivity contribution in [2.45, 2.75) is 40.5 Å². The van der Waals surface area contributed by atoms with Gasteiger partial charge in [-0.2, -0.15) is 0 Å². The molecule has 0 amide bonds. The molecule has 0 aliphatic heterocycles. The molecular weight excluding hydrogens is 352 g/mol. The van der Waals surface area contributed by atoms with Crippen molar-refractivity contribution in [2.24, 2.45) is 5.92 Å². The van der Waals surface area contributed by atoms with Crippen molar-refractivity contribution in [3.63, 3.8) is 0 Å². The maximum absolute atomic E-state index is 13.1. The molecule has 1 aliphatic carbocycles. The Hall–Kier alpha value is -2.93. The van der Waals surface area contributed by atoms with Crippen LogP contribution in [-0.4, -0.2) is 5.78 Å². The molecule has 29 heavy (non-hydrogen) atoms. The van der Waals surface area contributed by atoms with Crippen molar-refractivity contribution in [3.05, 3.63) is 94.0 Å². The molecule has 0 saturated heterocycles. The van der Waals surface area contributed by atoms with Gasteiger partial charge < -0.3 is 0 Å². The minimum absolute atomic E-state index is 0.0229. The minimum atomic E-state index is 0.0229. The highest BCUT2D eigenvalue weighted by Crippen LogP contribution is 2.37. The summed E-state index contributed by atoms with van der Waals surface area (Å²) in [6, 6.07) is 21.6. The summed E-state index contributed by atoms with van der Waals surface area (Å²) in [6.07, 6.45) is 3.88. The third-order valence-corrected chi connectivity index (χ3v) is 6.06. The highest BCUT2D eigenvalue weighted by atomic mass is 16.1. The Morgan fingerprint density at radius 1 is 1.00 bits per heavy atom. The molecule has 1 aliphatic rings. The van der Waals surface area contributed by atoms with E-state index in [1.807, 2.05) is 6.92 Å². The molecule has 0 saturated carbocycles. The Labute approximate surface area is 174 Å². The molecule has 146 valence electrons. The van der Waals surface area contributed by atoms with Crippen molar-refractivity contribution >= 4 is 17.4 Å². The Balaban J connectivity index is 1.89. The Kier molecular flexibility index (Phi) is 5.24. The van der Waals surface area contributed by atoms with E-state index in [4.69, 9.17) is 0 Å². The lowest BCUT2D eigenvalue weighted by Crippen LogP contribution is -2.22. The van der Waals surface area contributed by atoms with E-state index < -0.39 is 0 Å². The number of carbonyl (C=O) groups excluding carboxylic acids is 1. The molecular formula is C28H28O. The molecule has 0 spiro atoms. The first-order chi connectivity index (χ1) is 14.0. The Bertz CT molecular complexity index is 1100. The molecule has 1 atom stereocenters. The monoisotopic (exact) mass is 380 g/mol. The summed E-state index contributed by atoms with van der Waals surface area (Å²) in [6.45, 7) is 8.49. The number of rotatable bonds is 3. The van der Waals surface area contributed by atoms with Gasteiger partial charge in [0.25, 0.3) is 0 Å². The average molecular weight is 381 g/mol. The van der Waals surface area contributed by atoms with E-state index in [0.717, 1.165) is 29.5 Å². The van der Waals surface area contributed by atoms with Crippen molar-refractivity contribution < 1.29 is 4.79 Å². The molecule has 1 heteroatoms. The summed E-state index contributed by atoms with van der Waals surface area (Å²) in [4.78, 5) is 13.1. The van der Waals surface area contributed by atoms with Crippen LogP contribution in [-0.2, 0) is 17.6 Å². The molecule has 0 heterocycles. The lowest BCUT2D eigenvalue weighted by Gasteiger charge is -2.25. The van der Waals surface area contributed by atoms with Gasteiger partial charge in [0.1, 0.15) is 0 Å². The summed E-state index contributed by atoms with van der Waals surface area (Å²) < 4.78 is 0. The molecule has 0 fully saturated rings. The van der Waals surface area contributed by atoms with Crippen molar-refractivity contribution in [2.75, 3.05) is 0 Å². The standard InChI is InChI=1S/C28H28O/c1-5-22-8-6-7-19(3)27(22)24-14-13-23-15-20(4)28(29)26(25(23)17-24)16-21-11-9-18(2)10-12-21/h6-14,16-17,20H,5,15H2,1-4H3. The summed E-state index contributed by atoms with van der Waals surface area (Å²) in [7, 11) is 0. The van der Waals surface area contributed by atoms with E-state index in [9.17, 15) is 4.79 Å². The van der Waals surface area contributed by atoms with Gasteiger partial charge in [-0.25, -0.2) is 0 Å². The van der Waals surface area contributed by atoms with Crippen LogP contribution in [0.15, 0.2) is 60.7 Å². The zero-order valence-electron chi connectivity index (χ0n) is 17.8. The fourth-order valence-corrected chi connectivity index (χ4v) is 4.40. The number of Topliss-reactive ketones (excluding diaryl/α,β-unsaturated/α-hetero) is 1. The Morgan fingerprint density at radius 2 is 1.76 bits per heavy atom. The smallest absolute Gasteiger partial charge is 0.166 e. The van der Waals surface area contributed by atoms with Gasteiger partial charge in [0, 0.05) is 11.5 Å². The van der Waals surface area contributed by atoms with Crippen molar-refractivity contribution in [1.82, 2.24) is 0 Å². The predicted octanol–water partition coefficient (Wildman–Crippen LogP) is 6.83. The molecule has 0 aromatic heterocycles. The van der Waals surface area contributed by atoms with Crippen LogP contribution >= 0.6 is 0 Å². The van der Waals surface area contributed by atoms with Gasteiger partial charge >= 0.3 is 0 Å². The van der Waals surface area contributed by atoms with Gasteiger partial charge in [0.05, 0.1) is 0 Å². The maximum atomic E-state index is 13.1. The number of benzene rings is 3. The van der Waals surface area contributed by atoms with Gasteiger partial charge in [0.15, 0.2) is 5.78 Å². The number of allylic oxidation sites excluding steroid dienone is 1. The fourth-order valence-electron chi connectivity index (χ4n) is 4.40. The van der Waals surface area contributed by atoms with E-state index in [0.29, 0.717) is 0 Å². The van der Waals surface area contributed by atoms with Crippen molar-refractivity contribution in [3.8, 4) is 11.1 Å². The largest absolute Gasteiger partial charge is 0.294 e. The van der Waals surface area contributed by atoms with Gasteiger partial charge in [-0.1, -0.05) is 74.0 Å². The predicted molar refractivity (Wildman–Crippen MR) is 123 cm³/mol. The van der Waals surface area contributed by atoms with Crippen LogP contribution in [0.1, 0.15) is 47.2 Å². The first-order valence-corrected chi connectivity index (χ1v) is 10.5. The third-order valence-electron chi connectivity index (χ3n) is 6.06.